The van der Waals surface area contributed by atoms with E-state index in [1.54, 1.807) is 4.68 Å². The first-order chi connectivity index (χ1) is 21.9. The lowest BCUT2D eigenvalue weighted by molar-refractivity contribution is -0.245. The predicted octanol–water partition coefficient (Wildman–Crippen LogP) is 4.97. The first kappa shape index (κ1) is 32.3. The van der Waals surface area contributed by atoms with Crippen molar-refractivity contribution in [1.82, 2.24) is 25.5 Å². The van der Waals surface area contributed by atoms with Crippen molar-refractivity contribution in [2.75, 3.05) is 5.75 Å². The van der Waals surface area contributed by atoms with Crippen molar-refractivity contribution in [1.29, 1.82) is 0 Å². The zero-order chi connectivity index (χ0) is 31.6. The number of carboxylic acid groups (broad SMARTS) is 1. The van der Waals surface area contributed by atoms with E-state index in [-0.39, 0.29) is 31.1 Å². The summed E-state index contributed by atoms with van der Waals surface area (Å²) < 4.78 is 14.6. The Labute approximate surface area is 266 Å². The SMILES string of the molecule is Cn1nnnc1SCC1CC(c2ccc(CO)cc2)OC(c2ccc(-c3cccc(CNC(=O)CCCCC(=O)O)c3)cc2)O1. The number of rotatable bonds is 14. The molecule has 236 valence electrons. The molecule has 1 saturated heterocycles. The third-order valence-corrected chi connectivity index (χ3v) is 8.71. The molecule has 1 aliphatic heterocycles. The zero-order valence-electron chi connectivity index (χ0n) is 25.0. The van der Waals surface area contributed by atoms with Gasteiger partial charge >= 0.3 is 5.97 Å². The first-order valence-corrected chi connectivity index (χ1v) is 15.9. The largest absolute Gasteiger partial charge is 0.481 e. The summed E-state index contributed by atoms with van der Waals surface area (Å²) in [6.45, 7) is 0.389. The molecule has 1 aliphatic rings. The molecule has 3 aromatic carbocycles. The number of aliphatic carboxylic acids is 1. The molecule has 1 fully saturated rings. The summed E-state index contributed by atoms with van der Waals surface area (Å²) >= 11 is 1.54. The zero-order valence-corrected chi connectivity index (χ0v) is 25.9. The fraction of sp³-hybridized carbons (Fsp3) is 0.364. The van der Waals surface area contributed by atoms with Gasteiger partial charge in [0.2, 0.25) is 11.1 Å². The molecular formula is C33H37N5O6S. The van der Waals surface area contributed by atoms with Crippen molar-refractivity contribution in [3.8, 4) is 11.1 Å². The molecular weight excluding hydrogens is 594 g/mol. The summed E-state index contributed by atoms with van der Waals surface area (Å²) in [6, 6.07) is 23.9. The number of aliphatic hydroxyl groups is 1. The molecule has 45 heavy (non-hydrogen) atoms. The van der Waals surface area contributed by atoms with Crippen LogP contribution < -0.4 is 5.32 Å². The Kier molecular flexibility index (Phi) is 11.3. The fourth-order valence-corrected chi connectivity index (χ4v) is 5.95. The van der Waals surface area contributed by atoms with Crippen LogP contribution in [0.5, 0.6) is 0 Å². The van der Waals surface area contributed by atoms with E-state index in [0.717, 1.165) is 33.4 Å². The molecule has 1 aromatic heterocycles. The average molecular weight is 632 g/mol. The number of thioether (sulfide) groups is 1. The number of tetrazole rings is 1. The lowest BCUT2D eigenvalue weighted by Gasteiger charge is -2.36. The monoisotopic (exact) mass is 631 g/mol. The van der Waals surface area contributed by atoms with Crippen LogP contribution in [0.2, 0.25) is 0 Å². The van der Waals surface area contributed by atoms with Gasteiger partial charge in [0.1, 0.15) is 0 Å². The minimum absolute atomic E-state index is 0.0113. The van der Waals surface area contributed by atoms with Crippen molar-refractivity contribution >= 4 is 23.6 Å². The van der Waals surface area contributed by atoms with E-state index < -0.39 is 12.3 Å². The number of aromatic nitrogens is 4. The van der Waals surface area contributed by atoms with Gasteiger partial charge in [-0.3, -0.25) is 9.59 Å². The second kappa shape index (κ2) is 15.8. The number of carboxylic acids is 1. The molecule has 3 unspecified atom stereocenters. The number of aliphatic hydroxyl groups excluding tert-OH is 1. The Morgan fingerprint density at radius 3 is 2.42 bits per heavy atom. The van der Waals surface area contributed by atoms with Gasteiger partial charge in [-0.2, -0.15) is 0 Å². The van der Waals surface area contributed by atoms with Crippen molar-refractivity contribution < 1.29 is 29.3 Å². The van der Waals surface area contributed by atoms with Gasteiger partial charge < -0.3 is 25.0 Å². The third-order valence-electron chi connectivity index (χ3n) is 7.57. The minimum atomic E-state index is -0.843. The van der Waals surface area contributed by atoms with Gasteiger partial charge in [-0.15, -0.1) is 5.10 Å². The lowest BCUT2D eigenvalue weighted by Crippen LogP contribution is -2.31. The number of unbranched alkanes of at least 4 members (excludes halogenated alkanes) is 1. The maximum absolute atomic E-state index is 12.2. The second-order valence-electron chi connectivity index (χ2n) is 10.9. The number of nitrogens with one attached hydrogen (secondary N) is 1. The van der Waals surface area contributed by atoms with Gasteiger partial charge in [0.25, 0.3) is 0 Å². The number of carbonyl (C=O) groups is 2. The van der Waals surface area contributed by atoms with Crippen LogP contribution in [-0.2, 0) is 39.3 Å². The van der Waals surface area contributed by atoms with Crippen LogP contribution in [0.3, 0.4) is 0 Å². The molecule has 2 heterocycles. The van der Waals surface area contributed by atoms with Crippen LogP contribution in [0, 0.1) is 0 Å². The average Bonchev–Trinajstić information content (AvgIpc) is 3.49. The Morgan fingerprint density at radius 2 is 1.71 bits per heavy atom. The van der Waals surface area contributed by atoms with Gasteiger partial charge in [-0.1, -0.05) is 78.5 Å². The standard InChI is InChI=1S/C33H37N5O6S/c1-38-33(35-36-37-38)45-21-28-18-29(25-11-9-22(20-39)10-12-25)44-32(43-28)26-15-13-24(14-16-26)27-6-4-5-23(17-27)19-34-30(40)7-2-3-8-31(41)42/h4-6,9-17,28-29,32,39H,2-3,7-8,18-21H2,1H3,(H,34,40)(H,41,42). The number of hydrogen-bond acceptors (Lipinski definition) is 9. The quantitative estimate of drug-likeness (QED) is 0.129. The number of nitrogens with zero attached hydrogens (tertiary/aromatic N) is 4. The third kappa shape index (κ3) is 9.21. The molecule has 11 nitrogen and oxygen atoms in total. The van der Waals surface area contributed by atoms with Crippen LogP contribution in [0.25, 0.3) is 11.1 Å². The van der Waals surface area contributed by atoms with Gasteiger partial charge in [0, 0.05) is 44.2 Å². The summed E-state index contributed by atoms with van der Waals surface area (Å²) in [7, 11) is 1.81. The van der Waals surface area contributed by atoms with E-state index in [2.05, 4.69) is 20.8 Å². The summed E-state index contributed by atoms with van der Waals surface area (Å²) in [6.07, 6.45) is 1.21. The number of carbonyl (C=O) groups excluding carboxylic acids is 1. The highest BCUT2D eigenvalue weighted by molar-refractivity contribution is 7.99. The highest BCUT2D eigenvalue weighted by Gasteiger charge is 2.32. The smallest absolute Gasteiger partial charge is 0.303 e. The molecule has 0 bridgehead atoms. The van der Waals surface area contributed by atoms with E-state index in [1.165, 1.54) is 11.8 Å². The van der Waals surface area contributed by atoms with Crippen molar-refractivity contribution in [3.63, 3.8) is 0 Å². The van der Waals surface area contributed by atoms with Gasteiger partial charge in [0.15, 0.2) is 6.29 Å². The maximum atomic E-state index is 12.2. The van der Waals surface area contributed by atoms with Crippen molar-refractivity contribution in [3.05, 3.63) is 95.1 Å². The highest BCUT2D eigenvalue weighted by Crippen LogP contribution is 2.39. The number of ether oxygens (including phenoxy) is 2. The molecule has 0 aliphatic carbocycles. The molecule has 1 amide bonds. The summed E-state index contributed by atoms with van der Waals surface area (Å²) in [5.74, 6) is -0.275. The molecule has 3 N–H and O–H groups in total. The molecule has 12 heteroatoms. The maximum Gasteiger partial charge on any atom is 0.303 e. The van der Waals surface area contributed by atoms with Crippen LogP contribution >= 0.6 is 11.8 Å². The Balaban J connectivity index is 1.24. The number of aryl methyl sites for hydroxylation is 1. The fourth-order valence-electron chi connectivity index (χ4n) is 5.08. The molecule has 3 atom stereocenters. The van der Waals surface area contributed by atoms with E-state index in [9.17, 15) is 14.7 Å². The van der Waals surface area contributed by atoms with Crippen molar-refractivity contribution in [2.45, 2.75) is 68.9 Å². The van der Waals surface area contributed by atoms with Crippen LogP contribution in [0.1, 0.15) is 66.8 Å². The predicted molar refractivity (Wildman–Crippen MR) is 168 cm³/mol. The normalized spacial score (nSPS) is 18.0. The van der Waals surface area contributed by atoms with Gasteiger partial charge in [-0.05, 0) is 57.2 Å². The summed E-state index contributed by atoms with van der Waals surface area (Å²) in [5, 5.41) is 33.6. The number of hydrogen-bond donors (Lipinski definition) is 3. The van der Waals surface area contributed by atoms with Crippen LogP contribution in [-0.4, -0.2) is 54.2 Å². The molecule has 0 saturated carbocycles. The summed E-state index contributed by atoms with van der Waals surface area (Å²) in [4.78, 5) is 22.8. The van der Waals surface area contributed by atoms with E-state index in [0.29, 0.717) is 43.1 Å². The number of benzene rings is 3. The van der Waals surface area contributed by atoms with E-state index in [1.807, 2.05) is 79.8 Å². The van der Waals surface area contributed by atoms with Gasteiger partial charge in [-0.25, -0.2) is 4.68 Å². The molecule has 0 radical (unpaired) electrons. The van der Waals surface area contributed by atoms with E-state index in [4.69, 9.17) is 14.6 Å². The van der Waals surface area contributed by atoms with Crippen LogP contribution in [0.4, 0.5) is 0 Å². The van der Waals surface area contributed by atoms with Crippen LogP contribution in [0.15, 0.2) is 78.0 Å². The minimum Gasteiger partial charge on any atom is -0.481 e. The number of amides is 1. The molecule has 0 spiro atoms. The molecule has 5 rings (SSSR count). The Hall–Kier alpha value is -4.10. The Bertz CT molecular complexity index is 1560. The summed E-state index contributed by atoms with van der Waals surface area (Å²) in [5.41, 5.74) is 5.79. The first-order valence-electron chi connectivity index (χ1n) is 14.9. The molecule has 4 aromatic rings. The Morgan fingerprint density at radius 1 is 0.956 bits per heavy atom. The lowest BCUT2D eigenvalue weighted by atomic mass is 9.99. The second-order valence-corrected chi connectivity index (χ2v) is 11.9. The highest BCUT2D eigenvalue weighted by atomic mass is 32.2. The van der Waals surface area contributed by atoms with E-state index >= 15 is 0 Å². The topological polar surface area (TPSA) is 149 Å². The van der Waals surface area contributed by atoms with Crippen molar-refractivity contribution in [2.24, 2.45) is 7.05 Å². The van der Waals surface area contributed by atoms with Gasteiger partial charge in [0.05, 0.1) is 18.8 Å².